The van der Waals surface area contributed by atoms with E-state index in [0.29, 0.717) is 17.6 Å². The molecule has 0 saturated heterocycles. The van der Waals surface area contributed by atoms with Gasteiger partial charge in [-0.1, -0.05) is 170 Å². The summed E-state index contributed by atoms with van der Waals surface area (Å²) in [5.74, 6) is 1.65. The normalized spacial score (nSPS) is 11.8. The fourth-order valence-corrected chi connectivity index (χ4v) is 10.2. The summed E-state index contributed by atoms with van der Waals surface area (Å²) in [7, 11) is 0. The van der Waals surface area contributed by atoms with Crippen molar-refractivity contribution < 1.29 is 8.83 Å². The zero-order valence-electron chi connectivity index (χ0n) is 37.0. The molecule has 0 N–H and O–H groups in total. The Morgan fingerprint density at radius 3 is 1.61 bits per heavy atom. The first-order valence-electron chi connectivity index (χ1n) is 23.2. The van der Waals surface area contributed by atoms with Crippen molar-refractivity contribution in [3.8, 4) is 73.2 Å². The van der Waals surface area contributed by atoms with E-state index in [1.54, 1.807) is 0 Å². The number of hydrogen-bond donors (Lipinski definition) is 0. The summed E-state index contributed by atoms with van der Waals surface area (Å²) >= 11 is 0. The Labute approximate surface area is 396 Å². The maximum Gasteiger partial charge on any atom is 0.238 e. The van der Waals surface area contributed by atoms with E-state index in [-0.39, 0.29) is 0 Å². The highest BCUT2D eigenvalue weighted by atomic mass is 16.3. The Morgan fingerprint density at radius 1 is 0.290 bits per heavy atom. The molecule has 0 fully saturated rings. The molecule has 0 bridgehead atoms. The second kappa shape index (κ2) is 15.6. The van der Waals surface area contributed by atoms with Crippen LogP contribution >= 0.6 is 0 Å². The van der Waals surface area contributed by atoms with Crippen molar-refractivity contribution in [2.24, 2.45) is 0 Å². The molecular weight excluding hydrogens is 845 g/mol. The van der Waals surface area contributed by atoms with Crippen LogP contribution in [0.3, 0.4) is 0 Å². The predicted molar refractivity (Wildman–Crippen MR) is 281 cm³/mol. The van der Waals surface area contributed by atoms with E-state index >= 15 is 0 Å². The highest BCUT2D eigenvalue weighted by Crippen LogP contribution is 2.43. The minimum atomic E-state index is 0.522. The Morgan fingerprint density at radius 2 is 0.841 bits per heavy atom. The number of aromatic nitrogens is 4. The summed E-state index contributed by atoms with van der Waals surface area (Å²) < 4.78 is 14.9. The summed E-state index contributed by atoms with van der Waals surface area (Å²) in [4.78, 5) is 15.9. The Hall–Kier alpha value is -9.39. The number of rotatable bonds is 7. The van der Waals surface area contributed by atoms with Crippen LogP contribution in [0.1, 0.15) is 0 Å². The monoisotopic (exact) mass is 882 g/mol. The fraction of sp³-hybridized carbons (Fsp3) is 0. The zero-order valence-corrected chi connectivity index (χ0v) is 37.0. The molecule has 69 heavy (non-hydrogen) atoms. The molecule has 0 spiro atoms. The average molecular weight is 883 g/mol. The van der Waals surface area contributed by atoms with E-state index in [9.17, 15) is 0 Å². The lowest BCUT2D eigenvalue weighted by atomic mass is 9.92. The molecule has 0 aliphatic heterocycles. The number of furan rings is 2. The van der Waals surface area contributed by atoms with E-state index in [0.717, 1.165) is 121 Å². The van der Waals surface area contributed by atoms with Gasteiger partial charge >= 0.3 is 0 Å². The number of benzene rings is 10. The van der Waals surface area contributed by atoms with Crippen LogP contribution in [0.15, 0.2) is 239 Å². The van der Waals surface area contributed by atoms with E-state index in [1.165, 1.54) is 0 Å². The lowest BCUT2D eigenvalue weighted by Crippen LogP contribution is -2.07. The molecule has 0 radical (unpaired) electrons. The molecule has 6 heteroatoms. The first kappa shape index (κ1) is 38.8. The van der Waals surface area contributed by atoms with Crippen molar-refractivity contribution in [1.82, 2.24) is 19.5 Å². The van der Waals surface area contributed by atoms with Crippen LogP contribution in [0, 0.1) is 0 Å². The highest BCUT2D eigenvalue weighted by molar-refractivity contribution is 6.16. The molecule has 14 aromatic rings. The summed E-state index contributed by atoms with van der Waals surface area (Å²) in [6.45, 7) is 0. The SMILES string of the molecule is c1ccc(-c2cc(-c3cccc(-c4cccc(-c5cccc6oc7ccccc7c56)c4)c3)c3c(c2)c2ccccc2n3-c2nc(-c3ccccc3)nc(-c3ccc4c(c3)oc3ccccc34)n2)cc1. The molecule has 0 saturated carbocycles. The third-order valence-corrected chi connectivity index (χ3v) is 13.5. The number of fused-ring (bicyclic) bond motifs is 9. The van der Waals surface area contributed by atoms with Gasteiger partial charge in [0.05, 0.1) is 11.0 Å². The van der Waals surface area contributed by atoms with Gasteiger partial charge in [-0.2, -0.15) is 9.97 Å². The Bertz CT molecular complexity index is 4320. The summed E-state index contributed by atoms with van der Waals surface area (Å²) in [5.41, 5.74) is 16.0. The molecule has 0 unspecified atom stereocenters. The molecular formula is C63H38N4O2. The third-order valence-electron chi connectivity index (χ3n) is 13.5. The molecule has 0 amide bonds. The smallest absolute Gasteiger partial charge is 0.238 e. The predicted octanol–water partition coefficient (Wildman–Crippen LogP) is 16.8. The van der Waals surface area contributed by atoms with Crippen molar-refractivity contribution >= 4 is 65.7 Å². The summed E-state index contributed by atoms with van der Waals surface area (Å²) in [6, 6.07) is 80.7. The van der Waals surface area contributed by atoms with Crippen molar-refractivity contribution in [2.75, 3.05) is 0 Å². The second-order valence-corrected chi connectivity index (χ2v) is 17.5. The fourth-order valence-electron chi connectivity index (χ4n) is 10.2. The molecule has 10 aromatic carbocycles. The number of nitrogens with zero attached hydrogens (tertiary/aromatic N) is 4. The van der Waals surface area contributed by atoms with Gasteiger partial charge in [-0.25, -0.2) is 4.98 Å². The molecule has 0 aliphatic carbocycles. The van der Waals surface area contributed by atoms with E-state index < -0.39 is 0 Å². The van der Waals surface area contributed by atoms with E-state index in [2.05, 4.69) is 168 Å². The standard InChI is InChI=1S/C63H38N4O2/c1-3-16-39(17-4-1)46-36-52(44-23-14-21-42(35-44)41-20-13-22-43(34-41)47-27-15-31-57-59(47)51-26-9-12-30-56(51)68-57)60-53(37-46)48-24-7-10-28-54(48)67(60)63-65-61(40-18-5-2-6-19-40)64-62(66-63)45-32-33-50-49-25-8-11-29-55(49)69-58(50)38-45/h1-38H. The van der Waals surface area contributed by atoms with E-state index in [1.807, 2.05) is 66.7 Å². The molecule has 14 rings (SSSR count). The Kier molecular flexibility index (Phi) is 8.79. The lowest BCUT2D eigenvalue weighted by Gasteiger charge is -2.15. The minimum absolute atomic E-state index is 0.522. The van der Waals surface area contributed by atoms with Crippen LogP contribution in [-0.2, 0) is 0 Å². The quantitative estimate of drug-likeness (QED) is 0.159. The summed E-state index contributed by atoms with van der Waals surface area (Å²) in [6.07, 6.45) is 0. The van der Waals surface area contributed by atoms with Crippen molar-refractivity contribution in [1.29, 1.82) is 0 Å². The number of para-hydroxylation sites is 3. The van der Waals surface area contributed by atoms with Crippen molar-refractivity contribution in [3.63, 3.8) is 0 Å². The van der Waals surface area contributed by atoms with Gasteiger partial charge < -0.3 is 8.83 Å². The first-order valence-corrected chi connectivity index (χ1v) is 23.2. The van der Waals surface area contributed by atoms with Crippen LogP contribution in [0.25, 0.3) is 139 Å². The van der Waals surface area contributed by atoms with Gasteiger partial charge in [-0.15, -0.1) is 0 Å². The van der Waals surface area contributed by atoms with Gasteiger partial charge in [0.2, 0.25) is 5.95 Å². The molecule has 4 heterocycles. The van der Waals surface area contributed by atoms with Crippen LogP contribution in [0.5, 0.6) is 0 Å². The van der Waals surface area contributed by atoms with Crippen LogP contribution < -0.4 is 0 Å². The van der Waals surface area contributed by atoms with Gasteiger partial charge in [0, 0.05) is 49.0 Å². The zero-order chi connectivity index (χ0) is 45.4. The molecule has 4 aromatic heterocycles. The molecule has 0 aliphatic rings. The molecule has 322 valence electrons. The van der Waals surface area contributed by atoms with Gasteiger partial charge in [-0.3, -0.25) is 4.57 Å². The van der Waals surface area contributed by atoms with Crippen molar-refractivity contribution in [2.45, 2.75) is 0 Å². The van der Waals surface area contributed by atoms with Gasteiger partial charge in [0.1, 0.15) is 22.3 Å². The third kappa shape index (κ3) is 6.45. The van der Waals surface area contributed by atoms with Gasteiger partial charge in [0.25, 0.3) is 0 Å². The Balaban J connectivity index is 0.994. The maximum atomic E-state index is 6.38. The van der Waals surface area contributed by atoms with Crippen LogP contribution in [0.2, 0.25) is 0 Å². The van der Waals surface area contributed by atoms with E-state index in [4.69, 9.17) is 23.8 Å². The second-order valence-electron chi connectivity index (χ2n) is 17.5. The highest BCUT2D eigenvalue weighted by Gasteiger charge is 2.23. The first-order chi connectivity index (χ1) is 34.2. The van der Waals surface area contributed by atoms with Gasteiger partial charge in [-0.05, 0) is 99.6 Å². The lowest BCUT2D eigenvalue weighted by molar-refractivity contribution is 0.668. The minimum Gasteiger partial charge on any atom is -0.456 e. The van der Waals surface area contributed by atoms with Gasteiger partial charge in [0.15, 0.2) is 11.6 Å². The molecule has 0 atom stereocenters. The average Bonchev–Trinajstić information content (AvgIpc) is 4.11. The summed E-state index contributed by atoms with van der Waals surface area (Å²) in [5, 5.41) is 6.56. The maximum absolute atomic E-state index is 6.38. The number of hydrogen-bond acceptors (Lipinski definition) is 5. The van der Waals surface area contributed by atoms with Crippen LogP contribution in [0.4, 0.5) is 0 Å². The molecule has 6 nitrogen and oxygen atoms in total. The topological polar surface area (TPSA) is 69.9 Å². The largest absolute Gasteiger partial charge is 0.456 e. The van der Waals surface area contributed by atoms with Crippen molar-refractivity contribution in [3.05, 3.63) is 231 Å². The van der Waals surface area contributed by atoms with Crippen LogP contribution in [-0.4, -0.2) is 19.5 Å².